The quantitative estimate of drug-likeness (QED) is 0.439. The van der Waals surface area contributed by atoms with Crippen LogP contribution in [-0.2, 0) is 11.8 Å². The van der Waals surface area contributed by atoms with Gasteiger partial charge in [0.2, 0.25) is 5.91 Å². The number of aromatic nitrogens is 4. The summed E-state index contributed by atoms with van der Waals surface area (Å²) in [6.07, 6.45) is 3.39. The highest BCUT2D eigenvalue weighted by Gasteiger charge is 2.30. The van der Waals surface area contributed by atoms with Crippen molar-refractivity contribution in [2.45, 2.75) is 10.1 Å². The highest BCUT2D eigenvalue weighted by molar-refractivity contribution is 8.00. The third kappa shape index (κ3) is 4.05. The molecule has 0 aliphatic carbocycles. The van der Waals surface area contributed by atoms with Gasteiger partial charge in [0.1, 0.15) is 17.4 Å². The Morgan fingerprint density at radius 1 is 0.938 bits per heavy atom. The minimum Gasteiger partial charge on any atom is -0.352 e. The average Bonchev–Trinajstić information content (AvgIpc) is 3.24. The van der Waals surface area contributed by atoms with E-state index in [1.807, 2.05) is 66.7 Å². The van der Waals surface area contributed by atoms with Gasteiger partial charge in [-0.1, -0.05) is 48.5 Å². The van der Waals surface area contributed by atoms with Gasteiger partial charge in [-0.2, -0.15) is 5.10 Å². The van der Waals surface area contributed by atoms with Gasteiger partial charge in [-0.15, -0.1) is 11.8 Å². The molecule has 2 aromatic heterocycles. The molecule has 7 nitrogen and oxygen atoms in total. The van der Waals surface area contributed by atoms with Crippen LogP contribution in [0.3, 0.4) is 0 Å². The minimum absolute atomic E-state index is 0.152. The summed E-state index contributed by atoms with van der Waals surface area (Å²) in [6.45, 7) is 2.76. The van der Waals surface area contributed by atoms with Crippen LogP contribution >= 0.6 is 11.8 Å². The summed E-state index contributed by atoms with van der Waals surface area (Å²) in [5, 5.41) is 4.98. The van der Waals surface area contributed by atoms with Crippen LogP contribution in [0.2, 0.25) is 0 Å². The summed E-state index contributed by atoms with van der Waals surface area (Å²) in [4.78, 5) is 27.7. The number of anilines is 1. The van der Waals surface area contributed by atoms with Crippen LogP contribution in [0.4, 0.5) is 5.82 Å². The normalized spacial score (nSPS) is 15.2. The molecule has 1 amide bonds. The number of benzene rings is 2. The molecular weight excluding hydrogens is 420 g/mol. The van der Waals surface area contributed by atoms with Crippen molar-refractivity contribution in [2.24, 2.45) is 7.05 Å². The molecule has 0 N–H and O–H groups in total. The zero-order chi connectivity index (χ0) is 21.9. The number of hydrogen-bond acceptors (Lipinski definition) is 6. The van der Waals surface area contributed by atoms with Crippen molar-refractivity contribution in [3.05, 3.63) is 78.8 Å². The summed E-state index contributed by atoms with van der Waals surface area (Å²) in [5.41, 5.74) is 1.85. The molecule has 3 heterocycles. The Kier molecular flexibility index (Phi) is 5.77. The number of hydrogen-bond donors (Lipinski definition) is 0. The number of rotatable bonds is 5. The van der Waals surface area contributed by atoms with E-state index in [0.29, 0.717) is 13.1 Å². The van der Waals surface area contributed by atoms with E-state index in [-0.39, 0.29) is 11.2 Å². The van der Waals surface area contributed by atoms with E-state index < -0.39 is 0 Å². The lowest BCUT2D eigenvalue weighted by Crippen LogP contribution is -2.50. The molecule has 1 aliphatic rings. The fourth-order valence-electron chi connectivity index (χ4n) is 4.03. The first-order valence-corrected chi connectivity index (χ1v) is 11.5. The Morgan fingerprint density at radius 2 is 1.62 bits per heavy atom. The molecule has 2 aromatic carbocycles. The molecular formula is C24H24N6OS. The summed E-state index contributed by atoms with van der Waals surface area (Å²) in [5.74, 6) is 1.03. The number of piperazine rings is 1. The van der Waals surface area contributed by atoms with Gasteiger partial charge in [0.15, 0.2) is 5.65 Å². The van der Waals surface area contributed by atoms with Gasteiger partial charge in [-0.05, 0) is 17.7 Å². The molecule has 162 valence electrons. The monoisotopic (exact) mass is 444 g/mol. The molecule has 32 heavy (non-hydrogen) atoms. The van der Waals surface area contributed by atoms with Crippen LogP contribution in [0.5, 0.6) is 0 Å². The van der Waals surface area contributed by atoms with Crippen LogP contribution in [0.25, 0.3) is 11.0 Å². The molecule has 0 spiro atoms. The molecule has 5 rings (SSSR count). The van der Waals surface area contributed by atoms with Crippen molar-refractivity contribution in [2.75, 3.05) is 31.1 Å². The number of carbonyl (C=O) groups excluding carboxylic acids is 1. The van der Waals surface area contributed by atoms with Gasteiger partial charge in [0.05, 0.1) is 11.6 Å². The molecule has 0 bridgehead atoms. The highest BCUT2D eigenvalue weighted by Crippen LogP contribution is 2.37. The SMILES string of the molecule is Cn1ncc2c(N3CCN(C(=O)[C@@H](Sc4ccccc4)c4ccccc4)CC3)ncnc21. The second-order valence-electron chi connectivity index (χ2n) is 7.74. The van der Waals surface area contributed by atoms with Crippen molar-refractivity contribution in [3.8, 4) is 0 Å². The smallest absolute Gasteiger partial charge is 0.240 e. The standard InChI is InChI=1S/C24H24N6OS/c1-28-22-20(16-27-28)23(26-17-25-22)29-12-14-30(15-13-29)24(31)21(18-8-4-2-5-9-18)32-19-10-6-3-7-11-19/h2-11,16-17,21H,12-15H2,1H3/t21-/m0/s1. The van der Waals surface area contributed by atoms with Crippen molar-refractivity contribution in [1.29, 1.82) is 0 Å². The van der Waals surface area contributed by atoms with E-state index in [1.54, 1.807) is 22.8 Å². The number of nitrogens with zero attached hydrogens (tertiary/aromatic N) is 6. The van der Waals surface area contributed by atoms with Gasteiger partial charge in [-0.25, -0.2) is 9.97 Å². The van der Waals surface area contributed by atoms with Crippen molar-refractivity contribution in [1.82, 2.24) is 24.6 Å². The second kappa shape index (κ2) is 9.00. The molecule has 0 radical (unpaired) electrons. The summed E-state index contributed by atoms with van der Waals surface area (Å²) in [6, 6.07) is 20.2. The maximum absolute atomic E-state index is 13.6. The zero-order valence-corrected chi connectivity index (χ0v) is 18.7. The Morgan fingerprint density at radius 3 is 2.34 bits per heavy atom. The van der Waals surface area contributed by atoms with E-state index in [4.69, 9.17) is 0 Å². The third-order valence-corrected chi connectivity index (χ3v) is 6.98. The number of amides is 1. The topological polar surface area (TPSA) is 67.2 Å². The number of carbonyl (C=O) groups is 1. The van der Waals surface area contributed by atoms with E-state index in [2.05, 4.69) is 32.1 Å². The van der Waals surface area contributed by atoms with E-state index in [9.17, 15) is 4.79 Å². The Bertz CT molecular complexity index is 1210. The molecule has 1 fully saturated rings. The Hall–Kier alpha value is -3.39. The molecule has 4 aromatic rings. The predicted octanol–water partition coefficient (Wildman–Crippen LogP) is 3.55. The highest BCUT2D eigenvalue weighted by atomic mass is 32.2. The first-order chi connectivity index (χ1) is 15.7. The summed E-state index contributed by atoms with van der Waals surface area (Å²) >= 11 is 1.61. The fourth-order valence-corrected chi connectivity index (χ4v) is 5.16. The van der Waals surface area contributed by atoms with Crippen LogP contribution in [0.1, 0.15) is 10.8 Å². The van der Waals surface area contributed by atoms with Crippen LogP contribution in [-0.4, -0.2) is 56.7 Å². The van der Waals surface area contributed by atoms with Crippen LogP contribution < -0.4 is 4.90 Å². The van der Waals surface area contributed by atoms with Gasteiger partial charge in [-0.3, -0.25) is 9.48 Å². The summed E-state index contributed by atoms with van der Waals surface area (Å²) in [7, 11) is 1.88. The van der Waals surface area contributed by atoms with Gasteiger partial charge in [0, 0.05) is 38.1 Å². The van der Waals surface area contributed by atoms with Crippen molar-refractivity contribution < 1.29 is 4.79 Å². The maximum atomic E-state index is 13.6. The second-order valence-corrected chi connectivity index (χ2v) is 8.92. The van der Waals surface area contributed by atoms with Crippen LogP contribution in [0.15, 0.2) is 78.1 Å². The van der Waals surface area contributed by atoms with Crippen LogP contribution in [0, 0.1) is 0 Å². The lowest BCUT2D eigenvalue weighted by molar-refractivity contribution is -0.131. The Balaban J connectivity index is 1.33. The van der Waals surface area contributed by atoms with Gasteiger partial charge >= 0.3 is 0 Å². The van der Waals surface area contributed by atoms with E-state index in [1.165, 1.54) is 0 Å². The maximum Gasteiger partial charge on any atom is 0.240 e. The van der Waals surface area contributed by atoms with Crippen molar-refractivity contribution >= 4 is 34.5 Å². The summed E-state index contributed by atoms with van der Waals surface area (Å²) < 4.78 is 1.76. The fraction of sp³-hybridized carbons (Fsp3) is 0.250. The molecule has 1 atom stereocenters. The molecule has 1 saturated heterocycles. The predicted molar refractivity (Wildman–Crippen MR) is 127 cm³/mol. The third-order valence-electron chi connectivity index (χ3n) is 5.72. The largest absolute Gasteiger partial charge is 0.352 e. The number of thioether (sulfide) groups is 1. The van der Waals surface area contributed by atoms with Crippen molar-refractivity contribution in [3.63, 3.8) is 0 Å². The molecule has 0 unspecified atom stereocenters. The first-order valence-electron chi connectivity index (χ1n) is 10.6. The molecule has 8 heteroatoms. The van der Waals surface area contributed by atoms with Gasteiger partial charge < -0.3 is 9.80 Å². The lowest BCUT2D eigenvalue weighted by Gasteiger charge is -2.37. The first kappa shape index (κ1) is 20.5. The van der Waals surface area contributed by atoms with E-state index in [0.717, 1.165) is 40.4 Å². The molecule has 0 saturated carbocycles. The molecule has 1 aliphatic heterocycles. The van der Waals surface area contributed by atoms with Gasteiger partial charge in [0.25, 0.3) is 0 Å². The lowest BCUT2D eigenvalue weighted by atomic mass is 10.1. The average molecular weight is 445 g/mol. The number of aryl methyl sites for hydroxylation is 1. The Labute approximate surface area is 191 Å². The van der Waals surface area contributed by atoms with E-state index >= 15 is 0 Å². The zero-order valence-electron chi connectivity index (χ0n) is 17.8. The minimum atomic E-state index is -0.269. The number of fused-ring (bicyclic) bond motifs is 1.